The first-order valence-corrected chi connectivity index (χ1v) is 11.3. The van der Waals surface area contributed by atoms with E-state index < -0.39 is 0 Å². The molecule has 0 unspecified atom stereocenters. The fourth-order valence-corrected chi connectivity index (χ4v) is 3.35. The van der Waals surface area contributed by atoms with Gasteiger partial charge >= 0.3 is 0 Å². The highest BCUT2D eigenvalue weighted by Crippen LogP contribution is 2.34. The van der Waals surface area contributed by atoms with E-state index in [1.54, 1.807) is 0 Å². The molecule has 0 bridgehead atoms. The van der Waals surface area contributed by atoms with Gasteiger partial charge in [0.25, 0.3) is 0 Å². The van der Waals surface area contributed by atoms with Gasteiger partial charge in [0.05, 0.1) is 12.0 Å². The van der Waals surface area contributed by atoms with Crippen LogP contribution in [0.25, 0.3) is 5.57 Å². The maximum absolute atomic E-state index is 14.1. The van der Waals surface area contributed by atoms with Crippen LogP contribution in [-0.4, -0.2) is 4.98 Å². The number of allylic oxidation sites excluding steroid dienone is 6. The Morgan fingerprint density at radius 1 is 1.06 bits per heavy atom. The molecule has 1 aromatic heterocycles. The summed E-state index contributed by atoms with van der Waals surface area (Å²) in [5.74, 6) is 0. The standard InChI is InChI=1S/C27H32FN.C2H6/c1-6-7-9-14-24(19-28)26(27-21(4)15-16-22(5)29-27)25(20(2)3)18-17-23-12-10-8-11-13-23;1-2/h8-16,19H,2,6-7,17-18H2,1,3-5H3;1-2H3/b14-9-,24-19?,26-25+;. The summed E-state index contributed by atoms with van der Waals surface area (Å²) in [6, 6.07) is 14.4. The van der Waals surface area contributed by atoms with E-state index in [2.05, 4.69) is 31.7 Å². The van der Waals surface area contributed by atoms with E-state index >= 15 is 0 Å². The molecule has 0 fully saturated rings. The Morgan fingerprint density at radius 3 is 2.32 bits per heavy atom. The Labute approximate surface area is 189 Å². The molecule has 1 nitrogen and oxygen atoms in total. The second-order valence-corrected chi connectivity index (χ2v) is 7.49. The average Bonchev–Trinajstić information content (AvgIpc) is 2.78. The van der Waals surface area contributed by atoms with Gasteiger partial charge in [-0.15, -0.1) is 0 Å². The lowest BCUT2D eigenvalue weighted by Gasteiger charge is -2.18. The summed E-state index contributed by atoms with van der Waals surface area (Å²) in [6.45, 7) is 16.3. The molecule has 0 atom stereocenters. The second kappa shape index (κ2) is 14.3. The first-order chi connectivity index (χ1) is 15.0. The number of hydrogen-bond acceptors (Lipinski definition) is 1. The minimum absolute atomic E-state index is 0.561. The number of unbranched alkanes of at least 4 members (excludes halogenated alkanes) is 1. The van der Waals surface area contributed by atoms with Gasteiger partial charge in [0.2, 0.25) is 0 Å². The number of halogens is 1. The van der Waals surface area contributed by atoms with Crippen LogP contribution in [-0.2, 0) is 6.42 Å². The summed E-state index contributed by atoms with van der Waals surface area (Å²) in [5.41, 5.74) is 7.46. The number of rotatable bonds is 9. The highest BCUT2D eigenvalue weighted by Gasteiger charge is 2.18. The molecule has 1 aromatic carbocycles. The molecule has 0 aliphatic heterocycles. The van der Waals surface area contributed by atoms with Crippen LogP contribution in [0.4, 0.5) is 4.39 Å². The fraction of sp³-hybridized carbons (Fsp3) is 0.345. The first-order valence-electron chi connectivity index (χ1n) is 11.3. The van der Waals surface area contributed by atoms with E-state index in [-0.39, 0.29) is 0 Å². The predicted octanol–water partition coefficient (Wildman–Crippen LogP) is 8.90. The number of nitrogens with zero attached hydrogens (tertiary/aromatic N) is 1. The molecule has 0 aliphatic rings. The maximum Gasteiger partial charge on any atom is 0.0946 e. The van der Waals surface area contributed by atoms with Crippen LogP contribution in [0.3, 0.4) is 0 Å². The normalized spacial score (nSPS) is 12.3. The summed E-state index contributed by atoms with van der Waals surface area (Å²) in [7, 11) is 0. The zero-order valence-electron chi connectivity index (χ0n) is 20.1. The van der Waals surface area contributed by atoms with Crippen molar-refractivity contribution in [3.63, 3.8) is 0 Å². The van der Waals surface area contributed by atoms with Crippen LogP contribution >= 0.6 is 0 Å². The van der Waals surface area contributed by atoms with Gasteiger partial charge in [-0.25, -0.2) is 4.39 Å². The molecule has 2 aromatic rings. The molecular formula is C29H38FN. The van der Waals surface area contributed by atoms with Gasteiger partial charge in [-0.05, 0) is 62.8 Å². The van der Waals surface area contributed by atoms with E-state index in [0.717, 1.165) is 59.4 Å². The third-order valence-corrected chi connectivity index (χ3v) is 4.96. The van der Waals surface area contributed by atoms with E-state index in [4.69, 9.17) is 4.98 Å². The Balaban J connectivity index is 0.00000233. The van der Waals surface area contributed by atoms with Crippen LogP contribution in [0.1, 0.15) is 69.5 Å². The molecular weight excluding hydrogens is 381 g/mol. The molecule has 0 saturated carbocycles. The largest absolute Gasteiger partial charge is 0.253 e. The van der Waals surface area contributed by atoms with Gasteiger partial charge in [0.15, 0.2) is 0 Å². The van der Waals surface area contributed by atoms with Crippen LogP contribution in [0, 0.1) is 13.8 Å². The highest BCUT2D eigenvalue weighted by atomic mass is 19.1. The van der Waals surface area contributed by atoms with Crippen LogP contribution in [0.2, 0.25) is 0 Å². The molecule has 1 heterocycles. The summed E-state index contributed by atoms with van der Waals surface area (Å²) in [5, 5.41) is 0. The van der Waals surface area contributed by atoms with Gasteiger partial charge in [0, 0.05) is 16.8 Å². The van der Waals surface area contributed by atoms with Crippen molar-refractivity contribution in [3.05, 3.63) is 107 Å². The average molecular weight is 420 g/mol. The van der Waals surface area contributed by atoms with E-state index in [9.17, 15) is 4.39 Å². The monoisotopic (exact) mass is 419 g/mol. The number of pyridine rings is 1. The van der Waals surface area contributed by atoms with Crippen LogP contribution in [0.5, 0.6) is 0 Å². The quantitative estimate of drug-likeness (QED) is 0.370. The lowest BCUT2D eigenvalue weighted by Crippen LogP contribution is -2.03. The SMILES string of the molecule is C=C(C)/C(CCc1ccccc1)=C(\C(=CF)/C=C\CCC)c1nc(C)ccc1C.CC. The summed E-state index contributed by atoms with van der Waals surface area (Å²) in [4.78, 5) is 4.79. The maximum atomic E-state index is 14.1. The number of aromatic nitrogens is 1. The molecule has 0 N–H and O–H groups in total. The van der Waals surface area contributed by atoms with Gasteiger partial charge in [0.1, 0.15) is 0 Å². The molecule has 0 radical (unpaired) electrons. The Morgan fingerprint density at radius 2 is 1.74 bits per heavy atom. The predicted molar refractivity (Wildman–Crippen MR) is 135 cm³/mol. The summed E-state index contributed by atoms with van der Waals surface area (Å²) >= 11 is 0. The number of benzene rings is 1. The molecule has 0 saturated heterocycles. The van der Waals surface area contributed by atoms with E-state index in [1.165, 1.54) is 5.56 Å². The zero-order valence-corrected chi connectivity index (χ0v) is 20.1. The molecule has 0 spiro atoms. The Bertz CT molecular complexity index is 917. The minimum Gasteiger partial charge on any atom is -0.253 e. The van der Waals surface area contributed by atoms with Gasteiger partial charge < -0.3 is 0 Å². The molecule has 0 amide bonds. The van der Waals surface area contributed by atoms with Crippen LogP contribution in [0.15, 0.2) is 84.2 Å². The first kappa shape index (κ1) is 26.3. The lowest BCUT2D eigenvalue weighted by atomic mass is 9.88. The van der Waals surface area contributed by atoms with Gasteiger partial charge in [-0.2, -0.15) is 0 Å². The van der Waals surface area contributed by atoms with Crippen molar-refractivity contribution >= 4 is 5.57 Å². The zero-order chi connectivity index (χ0) is 23.2. The van der Waals surface area contributed by atoms with E-state index in [0.29, 0.717) is 11.9 Å². The molecule has 2 heteroatoms. The van der Waals surface area contributed by atoms with Crippen molar-refractivity contribution in [1.29, 1.82) is 0 Å². The molecule has 0 aliphatic carbocycles. The van der Waals surface area contributed by atoms with Gasteiger partial charge in [-0.1, -0.05) is 87.9 Å². The lowest BCUT2D eigenvalue weighted by molar-refractivity contribution is 0.716. The van der Waals surface area contributed by atoms with Crippen LogP contribution < -0.4 is 0 Å². The molecule has 166 valence electrons. The number of aryl methyl sites for hydroxylation is 3. The highest BCUT2D eigenvalue weighted by molar-refractivity contribution is 5.85. The van der Waals surface area contributed by atoms with Gasteiger partial charge in [-0.3, -0.25) is 4.98 Å². The van der Waals surface area contributed by atoms with Crippen molar-refractivity contribution < 1.29 is 4.39 Å². The van der Waals surface area contributed by atoms with Crippen molar-refractivity contribution in [3.8, 4) is 0 Å². The summed E-state index contributed by atoms with van der Waals surface area (Å²) < 4.78 is 14.1. The molecule has 2 rings (SSSR count). The van der Waals surface area contributed by atoms with E-state index in [1.807, 2.05) is 71.0 Å². The third kappa shape index (κ3) is 8.13. The third-order valence-electron chi connectivity index (χ3n) is 4.96. The minimum atomic E-state index is 0.561. The number of hydrogen-bond donors (Lipinski definition) is 0. The van der Waals surface area contributed by atoms with Crippen molar-refractivity contribution in [2.45, 2.75) is 67.2 Å². The van der Waals surface area contributed by atoms with Crippen molar-refractivity contribution in [1.82, 2.24) is 4.98 Å². The Kier molecular flexibility index (Phi) is 12.1. The van der Waals surface area contributed by atoms with Crippen molar-refractivity contribution in [2.24, 2.45) is 0 Å². The van der Waals surface area contributed by atoms with Crippen molar-refractivity contribution in [2.75, 3.05) is 0 Å². The second-order valence-electron chi connectivity index (χ2n) is 7.49. The summed E-state index contributed by atoms with van der Waals surface area (Å²) in [6.07, 6.45) is 8.21. The molecule has 31 heavy (non-hydrogen) atoms. The fourth-order valence-electron chi connectivity index (χ4n) is 3.35. The smallest absolute Gasteiger partial charge is 0.0946 e. The Hall–Kier alpha value is -2.74. The topological polar surface area (TPSA) is 12.9 Å².